The first kappa shape index (κ1) is 19.7. The number of hydrogen-bond acceptors (Lipinski definition) is 5. The van der Waals surface area contributed by atoms with Gasteiger partial charge in [-0.25, -0.2) is 0 Å². The Morgan fingerprint density at radius 3 is 2.21 bits per heavy atom. The summed E-state index contributed by atoms with van der Waals surface area (Å²) in [5.41, 5.74) is 2.64. The molecule has 1 aliphatic heterocycles. The first-order valence-corrected chi connectivity index (χ1v) is 11.4. The molecule has 4 rings (SSSR count). The van der Waals surface area contributed by atoms with E-state index in [1.807, 2.05) is 84.2 Å². The standard InChI is InChI=1S/C23H21NO3S2/c1-26-20-4-2-3-5-21(20)27-19-12-10-18(11-13-19)24-22(25)16-6-8-17(9-7-16)23-28-14-15-29-23/h2-13,23H,14-15H2,1H3,(H,24,25). The molecule has 0 radical (unpaired) electrons. The number of benzene rings is 3. The SMILES string of the molecule is COc1ccccc1Oc1ccc(NC(=O)c2ccc(C3SCCS3)cc2)cc1. The van der Waals surface area contributed by atoms with Crippen LogP contribution in [0.1, 0.15) is 20.5 Å². The highest BCUT2D eigenvalue weighted by atomic mass is 32.2. The van der Waals surface area contributed by atoms with Crippen LogP contribution in [0.25, 0.3) is 0 Å². The van der Waals surface area contributed by atoms with Gasteiger partial charge in [0, 0.05) is 22.8 Å². The van der Waals surface area contributed by atoms with Crippen LogP contribution in [-0.4, -0.2) is 24.5 Å². The van der Waals surface area contributed by atoms with Gasteiger partial charge in [0.1, 0.15) is 5.75 Å². The summed E-state index contributed by atoms with van der Waals surface area (Å²) in [6, 6.07) is 22.6. The lowest BCUT2D eigenvalue weighted by atomic mass is 10.1. The number of carbonyl (C=O) groups excluding carboxylic acids is 1. The summed E-state index contributed by atoms with van der Waals surface area (Å²) < 4.78 is 11.7. The van der Waals surface area contributed by atoms with Gasteiger partial charge in [0.15, 0.2) is 11.5 Å². The Labute approximate surface area is 179 Å². The summed E-state index contributed by atoms with van der Waals surface area (Å²) in [6.45, 7) is 0. The first-order chi connectivity index (χ1) is 14.2. The molecule has 0 saturated carbocycles. The van der Waals surface area contributed by atoms with Gasteiger partial charge >= 0.3 is 0 Å². The molecule has 29 heavy (non-hydrogen) atoms. The normalized spacial score (nSPS) is 13.8. The molecule has 0 unspecified atom stereocenters. The van der Waals surface area contributed by atoms with Crippen LogP contribution in [0.5, 0.6) is 17.2 Å². The van der Waals surface area contributed by atoms with E-state index in [0.29, 0.717) is 33.1 Å². The monoisotopic (exact) mass is 423 g/mol. The number of nitrogens with one attached hydrogen (secondary N) is 1. The second kappa shape index (κ2) is 9.29. The average Bonchev–Trinajstić information content (AvgIpc) is 3.30. The summed E-state index contributed by atoms with van der Waals surface area (Å²) in [4.78, 5) is 12.5. The van der Waals surface area contributed by atoms with Crippen LogP contribution in [0.15, 0.2) is 72.8 Å². The maximum absolute atomic E-state index is 12.5. The fourth-order valence-electron chi connectivity index (χ4n) is 2.98. The zero-order valence-corrected chi connectivity index (χ0v) is 17.6. The van der Waals surface area contributed by atoms with Crippen LogP contribution >= 0.6 is 23.5 Å². The maximum Gasteiger partial charge on any atom is 0.255 e. The highest BCUT2D eigenvalue weighted by Crippen LogP contribution is 2.45. The second-order valence-electron chi connectivity index (χ2n) is 6.43. The van der Waals surface area contributed by atoms with Crippen molar-refractivity contribution in [1.29, 1.82) is 0 Å². The number of thioether (sulfide) groups is 2. The third-order valence-corrected chi connectivity index (χ3v) is 7.58. The van der Waals surface area contributed by atoms with Gasteiger partial charge in [-0.15, -0.1) is 23.5 Å². The van der Waals surface area contributed by atoms with Gasteiger partial charge in [0.25, 0.3) is 5.91 Å². The lowest BCUT2D eigenvalue weighted by Crippen LogP contribution is -2.11. The molecule has 0 bridgehead atoms. The van der Waals surface area contributed by atoms with Crippen molar-refractivity contribution in [3.05, 3.63) is 83.9 Å². The topological polar surface area (TPSA) is 47.6 Å². The first-order valence-electron chi connectivity index (χ1n) is 9.28. The number of carbonyl (C=O) groups is 1. The van der Waals surface area contributed by atoms with E-state index < -0.39 is 0 Å². The van der Waals surface area contributed by atoms with Gasteiger partial charge in [-0.3, -0.25) is 4.79 Å². The van der Waals surface area contributed by atoms with Crippen LogP contribution in [0.4, 0.5) is 5.69 Å². The molecule has 1 N–H and O–H groups in total. The summed E-state index contributed by atoms with van der Waals surface area (Å²) >= 11 is 3.92. The number of rotatable bonds is 6. The van der Waals surface area contributed by atoms with Gasteiger partial charge in [-0.05, 0) is 54.1 Å². The Morgan fingerprint density at radius 2 is 1.55 bits per heavy atom. The summed E-state index contributed by atoms with van der Waals surface area (Å²) in [5.74, 6) is 4.24. The largest absolute Gasteiger partial charge is 0.493 e. The third kappa shape index (κ3) is 4.89. The van der Waals surface area contributed by atoms with E-state index in [9.17, 15) is 4.79 Å². The van der Waals surface area contributed by atoms with Gasteiger partial charge in [0.05, 0.1) is 11.7 Å². The predicted molar refractivity (Wildman–Crippen MR) is 122 cm³/mol. The average molecular weight is 424 g/mol. The predicted octanol–water partition coefficient (Wildman–Crippen LogP) is 6.22. The van der Waals surface area contributed by atoms with Gasteiger partial charge in [0.2, 0.25) is 0 Å². The van der Waals surface area contributed by atoms with Crippen LogP contribution in [0.3, 0.4) is 0 Å². The van der Waals surface area contributed by atoms with Crippen molar-refractivity contribution in [3.63, 3.8) is 0 Å². The van der Waals surface area contributed by atoms with Crippen molar-refractivity contribution in [2.75, 3.05) is 23.9 Å². The molecule has 1 fully saturated rings. The number of hydrogen-bond donors (Lipinski definition) is 1. The second-order valence-corrected chi connectivity index (χ2v) is 9.15. The molecule has 0 spiro atoms. The van der Waals surface area contributed by atoms with E-state index in [0.717, 1.165) is 0 Å². The van der Waals surface area contributed by atoms with Gasteiger partial charge in [-0.2, -0.15) is 0 Å². The van der Waals surface area contributed by atoms with Crippen LogP contribution in [0.2, 0.25) is 0 Å². The maximum atomic E-state index is 12.5. The molecular weight excluding hydrogens is 402 g/mol. The van der Waals surface area contributed by atoms with E-state index in [-0.39, 0.29) is 5.91 Å². The fraction of sp³-hybridized carbons (Fsp3) is 0.174. The number of methoxy groups -OCH3 is 1. The Balaban J connectivity index is 1.38. The lowest BCUT2D eigenvalue weighted by Gasteiger charge is -2.11. The molecule has 0 atom stereocenters. The van der Waals surface area contributed by atoms with Crippen molar-refractivity contribution in [2.24, 2.45) is 0 Å². The highest BCUT2D eigenvalue weighted by molar-refractivity contribution is 8.19. The zero-order valence-electron chi connectivity index (χ0n) is 16.0. The molecule has 1 saturated heterocycles. The number of ether oxygens (including phenoxy) is 2. The molecule has 3 aromatic carbocycles. The number of anilines is 1. The Bertz CT molecular complexity index is 968. The molecule has 0 aromatic heterocycles. The van der Waals surface area contributed by atoms with Crippen molar-refractivity contribution >= 4 is 35.1 Å². The molecule has 4 nitrogen and oxygen atoms in total. The van der Waals surface area contributed by atoms with Crippen molar-refractivity contribution in [3.8, 4) is 17.2 Å². The third-order valence-electron chi connectivity index (χ3n) is 4.48. The van der Waals surface area contributed by atoms with E-state index in [1.54, 1.807) is 7.11 Å². The van der Waals surface area contributed by atoms with Crippen molar-refractivity contribution in [2.45, 2.75) is 4.58 Å². The van der Waals surface area contributed by atoms with Crippen LogP contribution in [0, 0.1) is 0 Å². The smallest absolute Gasteiger partial charge is 0.255 e. The van der Waals surface area contributed by atoms with E-state index in [1.165, 1.54) is 17.1 Å². The molecule has 1 amide bonds. The summed E-state index contributed by atoms with van der Waals surface area (Å²) in [6.07, 6.45) is 0. The molecule has 1 heterocycles. The van der Waals surface area contributed by atoms with E-state index >= 15 is 0 Å². The summed E-state index contributed by atoms with van der Waals surface area (Å²) in [5, 5.41) is 2.93. The summed E-state index contributed by atoms with van der Waals surface area (Å²) in [7, 11) is 1.61. The van der Waals surface area contributed by atoms with Gasteiger partial charge < -0.3 is 14.8 Å². The molecule has 0 aliphatic carbocycles. The zero-order chi connectivity index (χ0) is 20.1. The van der Waals surface area contributed by atoms with Crippen LogP contribution < -0.4 is 14.8 Å². The minimum absolute atomic E-state index is 0.123. The van der Waals surface area contributed by atoms with E-state index in [4.69, 9.17) is 9.47 Å². The minimum Gasteiger partial charge on any atom is -0.493 e. The minimum atomic E-state index is -0.123. The quantitative estimate of drug-likeness (QED) is 0.510. The fourth-order valence-corrected chi connectivity index (χ4v) is 5.84. The molecule has 1 aliphatic rings. The molecular formula is C23H21NO3S2. The Morgan fingerprint density at radius 1 is 0.897 bits per heavy atom. The van der Waals surface area contributed by atoms with Crippen LogP contribution in [-0.2, 0) is 0 Å². The number of amides is 1. The highest BCUT2D eigenvalue weighted by Gasteiger charge is 2.18. The molecule has 6 heteroatoms. The lowest BCUT2D eigenvalue weighted by molar-refractivity contribution is 0.102. The van der Waals surface area contributed by atoms with Crippen molar-refractivity contribution in [1.82, 2.24) is 0 Å². The molecule has 148 valence electrons. The van der Waals surface area contributed by atoms with Gasteiger partial charge in [-0.1, -0.05) is 24.3 Å². The van der Waals surface area contributed by atoms with E-state index in [2.05, 4.69) is 17.4 Å². The Kier molecular flexibility index (Phi) is 6.32. The number of para-hydroxylation sites is 2. The van der Waals surface area contributed by atoms with Crippen molar-refractivity contribution < 1.29 is 14.3 Å². The Hall–Kier alpha value is -2.57. The molecule has 3 aromatic rings.